The van der Waals surface area contributed by atoms with Crippen LogP contribution >= 0.6 is 0 Å². The maximum atomic E-state index is 13.4. The third kappa shape index (κ3) is 7.76. The highest BCUT2D eigenvalue weighted by molar-refractivity contribution is 5.74. The second-order valence-electron chi connectivity index (χ2n) is 9.69. The highest BCUT2D eigenvalue weighted by atomic mass is 19.4. The van der Waals surface area contributed by atoms with E-state index in [-0.39, 0.29) is 12.5 Å². The van der Waals surface area contributed by atoms with Crippen LogP contribution < -0.4 is 26.6 Å². The Balaban J connectivity index is 1.47. The molecule has 31 heavy (non-hydrogen) atoms. The molecule has 1 aliphatic heterocycles. The lowest BCUT2D eigenvalue weighted by atomic mass is 9.69. The van der Waals surface area contributed by atoms with Crippen molar-refractivity contribution < 1.29 is 18.0 Å². The monoisotopic (exact) mass is 448 g/mol. The van der Waals surface area contributed by atoms with Gasteiger partial charge in [-0.05, 0) is 64.7 Å². The van der Waals surface area contributed by atoms with E-state index in [1.54, 1.807) is 0 Å². The van der Waals surface area contributed by atoms with E-state index >= 15 is 0 Å². The van der Waals surface area contributed by atoms with E-state index in [0.717, 1.165) is 38.1 Å². The Kier molecular flexibility index (Phi) is 8.83. The van der Waals surface area contributed by atoms with Crippen molar-refractivity contribution in [2.24, 2.45) is 11.8 Å². The Labute approximate surface area is 183 Å². The lowest BCUT2D eigenvalue weighted by molar-refractivity contribution is -0.167. The number of carbonyl (C=O) groups excluding carboxylic acids is 1. The molecule has 0 aromatic heterocycles. The Morgan fingerprint density at radius 1 is 1.00 bits per heavy atom. The van der Waals surface area contributed by atoms with Crippen molar-refractivity contribution in [1.82, 2.24) is 31.5 Å². The van der Waals surface area contributed by atoms with Gasteiger partial charge in [0.1, 0.15) is 12.3 Å². The SMILES string of the molecule is CN(C)CCCNC1CC(C(F)(F)F)NC(NC(=O)NC2CCC3CCCCC3C2)N1. The van der Waals surface area contributed by atoms with Crippen LogP contribution in [-0.2, 0) is 0 Å². The molecule has 0 radical (unpaired) electrons. The maximum absolute atomic E-state index is 13.4. The first-order valence-corrected chi connectivity index (χ1v) is 11.7. The second kappa shape index (κ2) is 11.2. The van der Waals surface area contributed by atoms with Crippen molar-refractivity contribution in [3.05, 3.63) is 0 Å². The zero-order valence-electron chi connectivity index (χ0n) is 18.7. The summed E-state index contributed by atoms with van der Waals surface area (Å²) in [6.07, 6.45) is 3.00. The summed E-state index contributed by atoms with van der Waals surface area (Å²) in [5, 5.41) is 14.3. The number of halogens is 3. The maximum Gasteiger partial charge on any atom is 0.404 e. The Morgan fingerprint density at radius 3 is 2.45 bits per heavy atom. The van der Waals surface area contributed by atoms with Crippen molar-refractivity contribution in [2.45, 2.75) is 88.5 Å². The largest absolute Gasteiger partial charge is 0.404 e. The number of nitrogens with one attached hydrogen (secondary N) is 5. The molecule has 2 aliphatic carbocycles. The molecule has 6 atom stereocenters. The van der Waals surface area contributed by atoms with Crippen LogP contribution in [0.3, 0.4) is 0 Å². The number of hydrogen-bond donors (Lipinski definition) is 5. The fourth-order valence-electron chi connectivity index (χ4n) is 5.31. The van der Waals surface area contributed by atoms with E-state index in [0.29, 0.717) is 12.5 Å². The van der Waals surface area contributed by atoms with Gasteiger partial charge >= 0.3 is 12.2 Å². The molecule has 5 N–H and O–H groups in total. The number of rotatable bonds is 7. The molecule has 0 spiro atoms. The topological polar surface area (TPSA) is 80.5 Å². The van der Waals surface area contributed by atoms with E-state index in [1.807, 2.05) is 19.0 Å². The summed E-state index contributed by atoms with van der Waals surface area (Å²) in [5.74, 6) is 1.45. The summed E-state index contributed by atoms with van der Waals surface area (Å²) < 4.78 is 40.2. The predicted octanol–water partition coefficient (Wildman–Crippen LogP) is 2.31. The fourth-order valence-corrected chi connectivity index (χ4v) is 5.31. The highest BCUT2D eigenvalue weighted by Crippen LogP contribution is 2.40. The van der Waals surface area contributed by atoms with Crippen LogP contribution in [0, 0.1) is 11.8 Å². The standard InChI is InChI=1S/C21H39F3N6O/c1-30(2)11-5-10-25-18-13-17(21(22,23)24)27-19(28-18)29-20(31)26-16-9-8-14-6-3-4-7-15(14)12-16/h14-19,25,27-28H,3-13H2,1-2H3,(H2,26,29,31). The summed E-state index contributed by atoms with van der Waals surface area (Å²) in [6.45, 7) is 1.46. The van der Waals surface area contributed by atoms with Crippen LogP contribution in [0.5, 0.6) is 0 Å². The molecule has 10 heteroatoms. The van der Waals surface area contributed by atoms with E-state index in [2.05, 4.69) is 26.6 Å². The minimum Gasteiger partial charge on any atom is -0.335 e. The first kappa shape index (κ1) is 24.5. The van der Waals surface area contributed by atoms with E-state index in [9.17, 15) is 18.0 Å². The van der Waals surface area contributed by atoms with Crippen LogP contribution in [0.4, 0.5) is 18.0 Å². The lowest BCUT2D eigenvalue weighted by Gasteiger charge is -2.41. The predicted molar refractivity (Wildman–Crippen MR) is 114 cm³/mol. The number of hydrogen-bond acceptors (Lipinski definition) is 5. The van der Waals surface area contributed by atoms with Crippen LogP contribution in [0.1, 0.15) is 57.8 Å². The number of amides is 2. The Hall–Kier alpha value is -1.10. The number of nitrogens with zero attached hydrogens (tertiary/aromatic N) is 1. The van der Waals surface area contributed by atoms with Crippen molar-refractivity contribution in [3.8, 4) is 0 Å². The first-order valence-electron chi connectivity index (χ1n) is 11.7. The van der Waals surface area contributed by atoms with E-state index in [1.165, 1.54) is 25.7 Å². The number of carbonyl (C=O) groups is 1. The molecule has 1 saturated heterocycles. The average Bonchev–Trinajstić information content (AvgIpc) is 2.70. The number of fused-ring (bicyclic) bond motifs is 1. The second-order valence-corrected chi connectivity index (χ2v) is 9.69. The molecule has 1 heterocycles. The molecule has 0 aromatic carbocycles. The molecular formula is C21H39F3N6O. The van der Waals surface area contributed by atoms with Gasteiger partial charge in [-0.25, -0.2) is 4.79 Å². The zero-order valence-corrected chi connectivity index (χ0v) is 18.7. The third-order valence-corrected chi connectivity index (χ3v) is 6.93. The molecule has 2 amide bonds. The van der Waals surface area contributed by atoms with Crippen molar-refractivity contribution >= 4 is 6.03 Å². The van der Waals surface area contributed by atoms with E-state index < -0.39 is 30.7 Å². The van der Waals surface area contributed by atoms with Crippen LogP contribution in [0.25, 0.3) is 0 Å². The number of urea groups is 1. The van der Waals surface area contributed by atoms with Gasteiger partial charge < -0.3 is 20.9 Å². The molecule has 0 aromatic rings. The molecular weight excluding hydrogens is 409 g/mol. The molecule has 7 nitrogen and oxygen atoms in total. The van der Waals surface area contributed by atoms with Crippen molar-refractivity contribution in [1.29, 1.82) is 0 Å². The van der Waals surface area contributed by atoms with Gasteiger partial charge in [0.25, 0.3) is 0 Å². The van der Waals surface area contributed by atoms with Gasteiger partial charge in [-0.3, -0.25) is 10.6 Å². The molecule has 180 valence electrons. The van der Waals surface area contributed by atoms with Gasteiger partial charge in [-0.15, -0.1) is 0 Å². The minimum atomic E-state index is -4.37. The van der Waals surface area contributed by atoms with Gasteiger partial charge in [-0.2, -0.15) is 13.2 Å². The number of alkyl halides is 3. The quantitative estimate of drug-likeness (QED) is 0.386. The highest BCUT2D eigenvalue weighted by Gasteiger charge is 2.45. The van der Waals surface area contributed by atoms with E-state index in [4.69, 9.17) is 0 Å². The summed E-state index contributed by atoms with van der Waals surface area (Å²) >= 11 is 0. The van der Waals surface area contributed by atoms with Gasteiger partial charge in [0.2, 0.25) is 0 Å². The molecule has 6 unspecified atom stereocenters. The summed E-state index contributed by atoms with van der Waals surface area (Å²) in [6, 6.07) is -2.00. The fraction of sp³-hybridized carbons (Fsp3) is 0.952. The van der Waals surface area contributed by atoms with Crippen LogP contribution in [0.2, 0.25) is 0 Å². The third-order valence-electron chi connectivity index (χ3n) is 6.93. The molecule has 0 bridgehead atoms. The average molecular weight is 449 g/mol. The summed E-state index contributed by atoms with van der Waals surface area (Å²) in [5.41, 5.74) is 0. The smallest absolute Gasteiger partial charge is 0.335 e. The molecule has 3 rings (SSSR count). The van der Waals surface area contributed by atoms with Gasteiger partial charge in [0.15, 0.2) is 0 Å². The summed E-state index contributed by atoms with van der Waals surface area (Å²) in [4.78, 5) is 14.6. The normalized spacial score (nSPS) is 34.3. The molecule has 2 saturated carbocycles. The van der Waals surface area contributed by atoms with Gasteiger partial charge in [0, 0.05) is 12.5 Å². The van der Waals surface area contributed by atoms with Gasteiger partial charge in [0.05, 0.1) is 6.17 Å². The Morgan fingerprint density at radius 2 is 1.74 bits per heavy atom. The summed E-state index contributed by atoms with van der Waals surface area (Å²) in [7, 11) is 3.92. The lowest BCUT2D eigenvalue weighted by Crippen LogP contribution is -2.71. The van der Waals surface area contributed by atoms with Crippen LogP contribution in [0.15, 0.2) is 0 Å². The van der Waals surface area contributed by atoms with Gasteiger partial charge in [-0.1, -0.05) is 25.7 Å². The molecule has 3 fully saturated rings. The van der Waals surface area contributed by atoms with Crippen LogP contribution in [-0.4, -0.2) is 68.8 Å². The molecule has 3 aliphatic rings. The zero-order chi connectivity index (χ0) is 22.4. The Bertz CT molecular complexity index is 576. The minimum absolute atomic E-state index is 0.0984. The van der Waals surface area contributed by atoms with Crippen molar-refractivity contribution in [2.75, 3.05) is 27.2 Å². The first-order chi connectivity index (χ1) is 14.7. The van der Waals surface area contributed by atoms with Crippen molar-refractivity contribution in [3.63, 3.8) is 0 Å².